The molecular formula is C27H28N6O2. The van der Waals surface area contributed by atoms with Crippen molar-refractivity contribution in [3.8, 4) is 0 Å². The maximum absolute atomic E-state index is 13.2. The van der Waals surface area contributed by atoms with E-state index in [0.29, 0.717) is 28.2 Å². The highest BCUT2D eigenvalue weighted by Crippen LogP contribution is 2.50. The molecule has 4 aromatic rings. The Hall–Kier alpha value is -3.75. The van der Waals surface area contributed by atoms with Crippen LogP contribution in [0.2, 0.25) is 0 Å². The number of benzene rings is 2. The monoisotopic (exact) mass is 468 g/mol. The quantitative estimate of drug-likeness (QED) is 0.365. The Balaban J connectivity index is 1.26. The molecule has 8 nitrogen and oxygen atoms in total. The first kappa shape index (κ1) is 21.8. The highest BCUT2D eigenvalue weighted by molar-refractivity contribution is 5.93. The molecule has 1 spiro atoms. The van der Waals surface area contributed by atoms with Gasteiger partial charge >= 0.3 is 0 Å². The first-order valence-corrected chi connectivity index (χ1v) is 12.0. The molecule has 1 fully saturated rings. The molecule has 8 heteroatoms. The number of aromatic nitrogens is 4. The van der Waals surface area contributed by atoms with Gasteiger partial charge in [0.2, 0.25) is 5.95 Å². The largest absolute Gasteiger partial charge is 0.392 e. The molecule has 3 heterocycles. The minimum atomic E-state index is -0.262. The van der Waals surface area contributed by atoms with Crippen molar-refractivity contribution in [3.05, 3.63) is 93.4 Å². The molecule has 2 aromatic heterocycles. The zero-order valence-electron chi connectivity index (χ0n) is 19.4. The maximum Gasteiger partial charge on any atom is 0.264 e. The number of fused-ring (bicyclic) bond motifs is 2. The molecule has 1 aliphatic carbocycles. The topological polar surface area (TPSA) is 124 Å². The van der Waals surface area contributed by atoms with E-state index >= 15 is 0 Å². The number of nitrogens with zero attached hydrogens (tertiary/aromatic N) is 3. The standard InChI is InChI=1S/C27H28N6O2/c1-16(19-8-4-3-7-18(19)15-34)22-21-24(32-31-22)29-26(30-25(21)35)33-12-10-27(11-13-33)14-17-6-2-5-9-20(17)23(27)28/h2-9,23,34H,1,10-15,28H2,(H2,29,30,31,32,35)/t23-/m1/s1. The van der Waals surface area contributed by atoms with Gasteiger partial charge in [0.1, 0.15) is 11.1 Å². The summed E-state index contributed by atoms with van der Waals surface area (Å²) < 4.78 is 0. The molecule has 0 saturated carbocycles. The number of aliphatic hydroxyl groups excluding tert-OH is 1. The van der Waals surface area contributed by atoms with Gasteiger partial charge in [0.25, 0.3) is 5.56 Å². The second kappa shape index (κ2) is 8.18. The van der Waals surface area contributed by atoms with Crippen molar-refractivity contribution in [1.82, 2.24) is 20.2 Å². The van der Waals surface area contributed by atoms with Gasteiger partial charge in [-0.15, -0.1) is 0 Å². The molecule has 2 aromatic carbocycles. The van der Waals surface area contributed by atoms with Crippen molar-refractivity contribution in [2.75, 3.05) is 18.0 Å². The fourth-order valence-corrected chi connectivity index (χ4v) is 5.84. The van der Waals surface area contributed by atoms with Crippen LogP contribution in [0.15, 0.2) is 59.9 Å². The number of rotatable bonds is 4. The summed E-state index contributed by atoms with van der Waals surface area (Å²) in [6.45, 7) is 5.57. The Bertz CT molecular complexity index is 1500. The molecule has 0 radical (unpaired) electrons. The highest BCUT2D eigenvalue weighted by Gasteiger charge is 2.46. The summed E-state index contributed by atoms with van der Waals surface area (Å²) in [4.78, 5) is 23.0. The van der Waals surface area contributed by atoms with Crippen LogP contribution in [0.25, 0.3) is 16.6 Å². The van der Waals surface area contributed by atoms with Crippen LogP contribution in [0, 0.1) is 5.41 Å². The van der Waals surface area contributed by atoms with Gasteiger partial charge in [-0.1, -0.05) is 55.1 Å². The predicted molar refractivity (Wildman–Crippen MR) is 136 cm³/mol. The van der Waals surface area contributed by atoms with E-state index in [2.05, 4.69) is 50.9 Å². The fourth-order valence-electron chi connectivity index (χ4n) is 5.84. The van der Waals surface area contributed by atoms with Crippen molar-refractivity contribution in [2.45, 2.75) is 31.9 Å². The molecule has 35 heavy (non-hydrogen) atoms. The number of hydrogen-bond acceptors (Lipinski definition) is 6. The Morgan fingerprint density at radius 2 is 1.91 bits per heavy atom. The normalized spacial score (nSPS) is 18.8. The average Bonchev–Trinajstić information content (AvgIpc) is 3.44. The first-order valence-electron chi connectivity index (χ1n) is 12.0. The van der Waals surface area contributed by atoms with Gasteiger partial charge in [-0.2, -0.15) is 10.1 Å². The maximum atomic E-state index is 13.2. The number of aliphatic hydroxyl groups is 1. The van der Waals surface area contributed by atoms with Crippen LogP contribution in [0.3, 0.4) is 0 Å². The molecular weight excluding hydrogens is 440 g/mol. The lowest BCUT2D eigenvalue weighted by atomic mass is 9.73. The van der Waals surface area contributed by atoms with Crippen molar-refractivity contribution in [3.63, 3.8) is 0 Å². The number of H-pyrrole nitrogens is 2. The molecule has 0 bridgehead atoms. The lowest BCUT2D eigenvalue weighted by Gasteiger charge is -2.42. The van der Waals surface area contributed by atoms with Gasteiger partial charge < -0.3 is 15.7 Å². The number of nitrogens with two attached hydrogens (primary N) is 1. The van der Waals surface area contributed by atoms with Gasteiger partial charge in [0.05, 0.1) is 6.61 Å². The van der Waals surface area contributed by atoms with Crippen molar-refractivity contribution >= 4 is 22.6 Å². The second-order valence-corrected chi connectivity index (χ2v) is 9.68. The van der Waals surface area contributed by atoms with E-state index in [1.54, 1.807) is 0 Å². The number of hydrogen-bond donors (Lipinski definition) is 4. The van der Waals surface area contributed by atoms with Crippen molar-refractivity contribution in [1.29, 1.82) is 0 Å². The van der Waals surface area contributed by atoms with Gasteiger partial charge in [-0.25, -0.2) is 0 Å². The second-order valence-electron chi connectivity index (χ2n) is 9.68. The summed E-state index contributed by atoms with van der Waals surface area (Å²) in [6, 6.07) is 15.9. The summed E-state index contributed by atoms with van der Waals surface area (Å²) in [6.07, 6.45) is 2.88. The zero-order chi connectivity index (χ0) is 24.2. The van der Waals surface area contributed by atoms with Gasteiger partial charge in [-0.05, 0) is 46.9 Å². The van der Waals surface area contributed by atoms with Crippen LogP contribution in [0.1, 0.15) is 46.8 Å². The SMILES string of the molecule is C=C(c1ccccc1CO)c1n[nH]c2nc(N3CCC4(CC3)Cc3ccccc3[C@H]4N)[nH]c(=O)c12. The lowest BCUT2D eigenvalue weighted by molar-refractivity contribution is 0.187. The number of aromatic amines is 2. The summed E-state index contributed by atoms with van der Waals surface area (Å²) in [5.74, 6) is 0.540. The molecule has 1 aliphatic heterocycles. The lowest BCUT2D eigenvalue weighted by Crippen LogP contribution is -2.45. The molecule has 5 N–H and O–H groups in total. The van der Waals surface area contributed by atoms with Crippen LogP contribution in [0.4, 0.5) is 5.95 Å². The Labute approximate surface area is 202 Å². The zero-order valence-corrected chi connectivity index (χ0v) is 19.4. The molecule has 1 atom stereocenters. The van der Waals surface area contributed by atoms with E-state index in [4.69, 9.17) is 10.7 Å². The highest BCUT2D eigenvalue weighted by atomic mass is 16.3. The number of nitrogens with one attached hydrogen (secondary N) is 2. The van der Waals surface area contributed by atoms with Crippen LogP contribution >= 0.6 is 0 Å². The summed E-state index contributed by atoms with van der Waals surface area (Å²) in [5.41, 5.74) is 12.0. The molecule has 6 rings (SSSR count). The molecule has 1 saturated heterocycles. The predicted octanol–water partition coefficient (Wildman–Crippen LogP) is 3.04. The number of piperidine rings is 1. The Morgan fingerprint density at radius 1 is 1.17 bits per heavy atom. The number of anilines is 1. The van der Waals surface area contributed by atoms with E-state index in [1.165, 1.54) is 11.1 Å². The minimum absolute atomic E-state index is 0.0401. The van der Waals surface area contributed by atoms with Crippen LogP contribution < -0.4 is 16.2 Å². The molecule has 0 amide bonds. The minimum Gasteiger partial charge on any atom is -0.392 e. The third-order valence-electron chi connectivity index (χ3n) is 7.87. The first-order chi connectivity index (χ1) is 17.0. The molecule has 178 valence electrons. The van der Waals surface area contributed by atoms with Crippen molar-refractivity contribution < 1.29 is 5.11 Å². The summed E-state index contributed by atoms with van der Waals surface area (Å²) >= 11 is 0. The molecule has 2 aliphatic rings. The van der Waals surface area contributed by atoms with Crippen LogP contribution in [-0.4, -0.2) is 38.4 Å². The van der Waals surface area contributed by atoms with Gasteiger partial charge in [-0.3, -0.25) is 14.9 Å². The summed E-state index contributed by atoms with van der Waals surface area (Å²) in [5, 5.41) is 17.3. The summed E-state index contributed by atoms with van der Waals surface area (Å²) in [7, 11) is 0. The van der Waals surface area contributed by atoms with Gasteiger partial charge in [0.15, 0.2) is 5.65 Å². The van der Waals surface area contributed by atoms with Crippen LogP contribution in [0.5, 0.6) is 0 Å². The van der Waals surface area contributed by atoms with E-state index in [0.717, 1.165) is 43.5 Å². The Kier molecular flexibility index (Phi) is 5.09. The van der Waals surface area contributed by atoms with E-state index in [1.807, 2.05) is 24.3 Å². The van der Waals surface area contributed by atoms with E-state index in [-0.39, 0.29) is 23.6 Å². The van der Waals surface area contributed by atoms with E-state index in [9.17, 15) is 9.90 Å². The third kappa shape index (κ3) is 3.40. The fraction of sp³-hybridized carbons (Fsp3) is 0.296. The third-order valence-corrected chi connectivity index (χ3v) is 7.87. The Morgan fingerprint density at radius 3 is 2.69 bits per heavy atom. The van der Waals surface area contributed by atoms with Crippen LogP contribution in [-0.2, 0) is 13.0 Å². The molecule has 0 unspecified atom stereocenters. The van der Waals surface area contributed by atoms with Crippen molar-refractivity contribution in [2.24, 2.45) is 11.1 Å². The van der Waals surface area contributed by atoms with E-state index < -0.39 is 0 Å². The smallest absolute Gasteiger partial charge is 0.264 e. The van der Waals surface area contributed by atoms with Gasteiger partial charge in [0, 0.05) is 24.7 Å². The average molecular weight is 469 g/mol.